The summed E-state index contributed by atoms with van der Waals surface area (Å²) in [5.74, 6) is 0.767. The van der Waals surface area contributed by atoms with E-state index in [9.17, 15) is 9.59 Å². The van der Waals surface area contributed by atoms with Crippen LogP contribution in [-0.4, -0.2) is 28.7 Å². The van der Waals surface area contributed by atoms with Gasteiger partial charge in [0.25, 0.3) is 0 Å². The maximum Gasteiger partial charge on any atom is 0.329 e. The molecule has 1 amide bonds. The first-order valence-electron chi connectivity index (χ1n) is 9.21. The number of nitrogens with one attached hydrogen (secondary N) is 1. The van der Waals surface area contributed by atoms with Crippen LogP contribution in [0, 0.1) is 0 Å². The molecule has 0 saturated carbocycles. The number of amides is 1. The predicted molar refractivity (Wildman–Crippen MR) is 106 cm³/mol. The number of imidazole rings is 1. The van der Waals surface area contributed by atoms with Crippen molar-refractivity contribution in [3.63, 3.8) is 0 Å². The largest absolute Gasteiger partial charge is 0.497 e. The van der Waals surface area contributed by atoms with E-state index in [2.05, 4.69) is 5.32 Å². The van der Waals surface area contributed by atoms with Crippen molar-refractivity contribution in [2.45, 2.75) is 32.9 Å². The Balaban J connectivity index is 1.55. The summed E-state index contributed by atoms with van der Waals surface area (Å²) >= 11 is 0. The fraction of sp³-hybridized carbons (Fsp3) is 0.333. The van der Waals surface area contributed by atoms with E-state index in [4.69, 9.17) is 4.74 Å². The zero-order valence-electron chi connectivity index (χ0n) is 15.8. The van der Waals surface area contributed by atoms with Gasteiger partial charge in [-0.3, -0.25) is 13.9 Å². The molecule has 1 heterocycles. The minimum atomic E-state index is -0.0651. The summed E-state index contributed by atoms with van der Waals surface area (Å²) in [5.41, 5.74) is 2.85. The van der Waals surface area contributed by atoms with E-state index in [1.165, 1.54) is 0 Å². The summed E-state index contributed by atoms with van der Waals surface area (Å²) in [7, 11) is 1.64. The third-order valence-electron chi connectivity index (χ3n) is 4.70. The van der Waals surface area contributed by atoms with Crippen molar-refractivity contribution in [3.05, 3.63) is 64.6 Å². The first-order valence-corrected chi connectivity index (χ1v) is 9.21. The molecule has 1 aromatic heterocycles. The molecule has 6 nitrogen and oxygen atoms in total. The van der Waals surface area contributed by atoms with Crippen molar-refractivity contribution in [2.75, 3.05) is 13.7 Å². The molecule has 27 heavy (non-hydrogen) atoms. The van der Waals surface area contributed by atoms with Crippen molar-refractivity contribution in [1.29, 1.82) is 0 Å². The van der Waals surface area contributed by atoms with Gasteiger partial charge in [0.1, 0.15) is 5.75 Å². The van der Waals surface area contributed by atoms with Crippen molar-refractivity contribution in [1.82, 2.24) is 14.5 Å². The van der Waals surface area contributed by atoms with E-state index in [0.717, 1.165) is 28.8 Å². The number of ether oxygens (including phenoxy) is 1. The summed E-state index contributed by atoms with van der Waals surface area (Å²) in [4.78, 5) is 24.7. The molecule has 3 aromatic rings. The van der Waals surface area contributed by atoms with Gasteiger partial charge in [-0.15, -0.1) is 0 Å². The van der Waals surface area contributed by atoms with E-state index in [0.29, 0.717) is 19.6 Å². The Morgan fingerprint density at radius 1 is 1.04 bits per heavy atom. The molecular weight excluding hydrogens is 342 g/mol. The van der Waals surface area contributed by atoms with Crippen LogP contribution in [0.25, 0.3) is 11.0 Å². The molecule has 3 rings (SSSR count). The second-order valence-electron chi connectivity index (χ2n) is 6.37. The Bertz CT molecular complexity index is 970. The highest BCUT2D eigenvalue weighted by molar-refractivity contribution is 5.78. The van der Waals surface area contributed by atoms with Crippen LogP contribution in [0.1, 0.15) is 18.9 Å². The van der Waals surface area contributed by atoms with E-state index >= 15 is 0 Å². The molecule has 0 bridgehead atoms. The van der Waals surface area contributed by atoms with E-state index in [-0.39, 0.29) is 18.0 Å². The van der Waals surface area contributed by atoms with E-state index in [1.54, 1.807) is 16.2 Å². The molecule has 1 N–H and O–H groups in total. The molecule has 0 fully saturated rings. The van der Waals surface area contributed by atoms with Gasteiger partial charge in [-0.2, -0.15) is 0 Å². The summed E-state index contributed by atoms with van der Waals surface area (Å²) in [6.07, 6.45) is 1.03. The maximum atomic E-state index is 12.6. The molecule has 142 valence electrons. The Morgan fingerprint density at radius 2 is 1.70 bits per heavy atom. The first kappa shape index (κ1) is 18.8. The SMILES string of the molecule is CCn1c(=O)n(CCC(=O)NCCc2ccc(OC)cc2)c2ccccc21. The van der Waals surface area contributed by atoms with Crippen molar-refractivity contribution < 1.29 is 9.53 Å². The van der Waals surface area contributed by atoms with Crippen molar-refractivity contribution in [2.24, 2.45) is 0 Å². The molecule has 0 radical (unpaired) electrons. The molecule has 0 aliphatic heterocycles. The number of nitrogens with zero attached hydrogens (tertiary/aromatic N) is 2. The lowest BCUT2D eigenvalue weighted by atomic mass is 10.1. The summed E-state index contributed by atoms with van der Waals surface area (Å²) in [6.45, 7) is 3.50. The van der Waals surface area contributed by atoms with Gasteiger partial charge in [-0.1, -0.05) is 24.3 Å². The number of carbonyl (C=O) groups is 1. The van der Waals surface area contributed by atoms with Crippen molar-refractivity contribution in [3.8, 4) is 5.75 Å². The van der Waals surface area contributed by atoms with Gasteiger partial charge < -0.3 is 10.1 Å². The quantitative estimate of drug-likeness (QED) is 0.665. The fourth-order valence-corrected chi connectivity index (χ4v) is 3.23. The summed E-state index contributed by atoms with van der Waals surface area (Å²) < 4.78 is 8.55. The maximum absolute atomic E-state index is 12.6. The van der Waals surface area contributed by atoms with Crippen molar-refractivity contribution >= 4 is 16.9 Å². The number of methoxy groups -OCH3 is 1. The highest BCUT2D eigenvalue weighted by Crippen LogP contribution is 2.13. The van der Waals surface area contributed by atoms with Gasteiger partial charge in [0.15, 0.2) is 0 Å². The normalized spacial score (nSPS) is 10.9. The molecule has 2 aromatic carbocycles. The summed E-state index contributed by atoms with van der Waals surface area (Å²) in [6, 6.07) is 15.5. The first-order chi connectivity index (χ1) is 13.1. The zero-order chi connectivity index (χ0) is 19.2. The number of aryl methyl sites for hydroxylation is 2. The number of rotatable bonds is 8. The number of carbonyl (C=O) groups excluding carboxylic acids is 1. The molecule has 0 saturated heterocycles. The lowest BCUT2D eigenvalue weighted by molar-refractivity contribution is -0.121. The van der Waals surface area contributed by atoms with Gasteiger partial charge >= 0.3 is 5.69 Å². The van der Waals surface area contributed by atoms with Crippen LogP contribution in [0.3, 0.4) is 0 Å². The molecule has 0 aliphatic carbocycles. The monoisotopic (exact) mass is 367 g/mol. The summed E-state index contributed by atoms with van der Waals surface area (Å²) in [5, 5.41) is 2.93. The van der Waals surface area contributed by atoms with E-state index in [1.807, 2.05) is 55.5 Å². The van der Waals surface area contributed by atoms with Crippen LogP contribution in [0.2, 0.25) is 0 Å². The number of hydrogen-bond donors (Lipinski definition) is 1. The smallest absolute Gasteiger partial charge is 0.329 e. The van der Waals surface area contributed by atoms with Crippen LogP contribution in [0.4, 0.5) is 0 Å². The Labute approximate surface area is 158 Å². The molecule has 0 unspecified atom stereocenters. The van der Waals surface area contributed by atoms with Crippen LogP contribution >= 0.6 is 0 Å². The van der Waals surface area contributed by atoms with Gasteiger partial charge in [-0.05, 0) is 43.2 Å². The Kier molecular flexibility index (Phi) is 5.96. The molecular formula is C21H25N3O3. The van der Waals surface area contributed by atoms with Gasteiger partial charge in [0.2, 0.25) is 5.91 Å². The van der Waals surface area contributed by atoms with Crippen LogP contribution in [0.15, 0.2) is 53.3 Å². The second-order valence-corrected chi connectivity index (χ2v) is 6.37. The predicted octanol–water partition coefficient (Wildman–Crippen LogP) is 2.58. The lowest BCUT2D eigenvalue weighted by Gasteiger charge is -2.07. The van der Waals surface area contributed by atoms with E-state index < -0.39 is 0 Å². The molecule has 0 spiro atoms. The Hall–Kier alpha value is -3.02. The topological polar surface area (TPSA) is 65.3 Å². The lowest BCUT2D eigenvalue weighted by Crippen LogP contribution is -2.29. The number of hydrogen-bond acceptors (Lipinski definition) is 3. The average Bonchev–Trinajstić information content (AvgIpc) is 2.97. The van der Waals surface area contributed by atoms with Gasteiger partial charge in [-0.25, -0.2) is 4.79 Å². The number of aromatic nitrogens is 2. The molecule has 0 atom stereocenters. The second kappa shape index (κ2) is 8.58. The van der Waals surface area contributed by atoms with Gasteiger partial charge in [0, 0.05) is 26.1 Å². The fourth-order valence-electron chi connectivity index (χ4n) is 3.23. The third kappa shape index (κ3) is 4.22. The Morgan fingerprint density at radius 3 is 2.33 bits per heavy atom. The zero-order valence-corrected chi connectivity index (χ0v) is 15.8. The minimum absolute atomic E-state index is 0.0521. The van der Waals surface area contributed by atoms with Crippen LogP contribution in [-0.2, 0) is 24.3 Å². The molecule has 6 heteroatoms. The minimum Gasteiger partial charge on any atom is -0.497 e. The highest BCUT2D eigenvalue weighted by atomic mass is 16.5. The third-order valence-corrected chi connectivity index (χ3v) is 4.70. The van der Waals surface area contributed by atoms with Crippen LogP contribution < -0.4 is 15.7 Å². The number of fused-ring (bicyclic) bond motifs is 1. The highest BCUT2D eigenvalue weighted by Gasteiger charge is 2.12. The molecule has 0 aliphatic rings. The number of benzene rings is 2. The average molecular weight is 367 g/mol. The number of para-hydroxylation sites is 2. The van der Waals surface area contributed by atoms with Gasteiger partial charge in [0.05, 0.1) is 18.1 Å². The van der Waals surface area contributed by atoms with Crippen LogP contribution in [0.5, 0.6) is 5.75 Å². The standard InChI is InChI=1S/C21H25N3O3/c1-3-23-18-6-4-5-7-19(18)24(21(23)26)15-13-20(25)22-14-12-16-8-10-17(27-2)11-9-16/h4-11H,3,12-15H2,1-2H3,(H,22,25).